The molecule has 6 heteroatoms. The van der Waals surface area contributed by atoms with Crippen molar-refractivity contribution in [3.63, 3.8) is 0 Å². The standard InChI is InChI=1S/C17H22N4O.ClH/c1-12-2-3-16-19-15(6-17(22)21(16)9-12)11-20-5-4-13-7-18-8-14(13)10-20;/h2-3,6,9,13-14,18H,4-5,7-8,10-11H2,1H3;1H. The van der Waals surface area contributed by atoms with E-state index in [1.165, 1.54) is 13.0 Å². The molecule has 0 spiro atoms. The maximum Gasteiger partial charge on any atom is 0.258 e. The highest BCUT2D eigenvalue weighted by atomic mass is 35.5. The molecular weight excluding hydrogens is 312 g/mol. The first-order valence-corrected chi connectivity index (χ1v) is 8.11. The molecule has 0 radical (unpaired) electrons. The zero-order valence-corrected chi connectivity index (χ0v) is 14.2. The van der Waals surface area contributed by atoms with E-state index in [-0.39, 0.29) is 18.0 Å². The summed E-state index contributed by atoms with van der Waals surface area (Å²) in [5.41, 5.74) is 2.71. The number of likely N-dealkylation sites (tertiary alicyclic amines) is 1. The molecular formula is C17H23ClN4O. The second kappa shape index (κ2) is 6.59. The highest BCUT2D eigenvalue weighted by Gasteiger charge is 2.32. The van der Waals surface area contributed by atoms with Crippen LogP contribution < -0.4 is 10.9 Å². The summed E-state index contributed by atoms with van der Waals surface area (Å²) < 4.78 is 1.63. The summed E-state index contributed by atoms with van der Waals surface area (Å²) in [6, 6.07) is 5.61. The Balaban J connectivity index is 0.00000156. The lowest BCUT2D eigenvalue weighted by atomic mass is 9.89. The van der Waals surface area contributed by atoms with Gasteiger partial charge in [-0.15, -0.1) is 12.4 Å². The Morgan fingerprint density at radius 1 is 1.30 bits per heavy atom. The van der Waals surface area contributed by atoms with Crippen molar-refractivity contribution < 1.29 is 0 Å². The third-order valence-electron chi connectivity index (χ3n) is 5.03. The van der Waals surface area contributed by atoms with E-state index in [0.717, 1.165) is 54.9 Å². The number of halogens is 1. The van der Waals surface area contributed by atoms with Gasteiger partial charge in [-0.2, -0.15) is 0 Å². The second-order valence-corrected chi connectivity index (χ2v) is 6.72. The van der Waals surface area contributed by atoms with Crippen molar-refractivity contribution in [1.29, 1.82) is 0 Å². The van der Waals surface area contributed by atoms with Gasteiger partial charge < -0.3 is 5.32 Å². The molecule has 5 nitrogen and oxygen atoms in total. The number of nitrogens with zero attached hydrogens (tertiary/aromatic N) is 3. The number of pyridine rings is 1. The lowest BCUT2D eigenvalue weighted by Crippen LogP contribution is -2.39. The maximum absolute atomic E-state index is 12.3. The van der Waals surface area contributed by atoms with Crippen LogP contribution in [0.15, 0.2) is 29.2 Å². The Morgan fingerprint density at radius 2 is 2.13 bits per heavy atom. The van der Waals surface area contributed by atoms with Gasteiger partial charge in [0.05, 0.1) is 5.69 Å². The first kappa shape index (κ1) is 16.4. The Labute approximate surface area is 142 Å². The van der Waals surface area contributed by atoms with E-state index < -0.39 is 0 Å². The first-order valence-electron chi connectivity index (χ1n) is 8.11. The molecule has 0 amide bonds. The SMILES string of the molecule is Cc1ccc2nc(CN3CCC4CNCC4C3)cc(=O)n2c1.Cl. The predicted molar refractivity (Wildman–Crippen MR) is 93.2 cm³/mol. The third kappa shape index (κ3) is 3.27. The largest absolute Gasteiger partial charge is 0.316 e. The quantitative estimate of drug-likeness (QED) is 0.903. The van der Waals surface area contributed by atoms with Crippen molar-refractivity contribution in [3.8, 4) is 0 Å². The molecule has 0 aromatic carbocycles. The lowest BCUT2D eigenvalue weighted by Gasteiger charge is -2.34. The number of rotatable bonds is 2. The molecule has 2 saturated heterocycles. The van der Waals surface area contributed by atoms with Crippen LogP contribution in [0.3, 0.4) is 0 Å². The van der Waals surface area contributed by atoms with Gasteiger partial charge in [0.2, 0.25) is 0 Å². The molecule has 0 aliphatic carbocycles. The predicted octanol–water partition coefficient (Wildman–Crippen LogP) is 1.47. The van der Waals surface area contributed by atoms with Crippen molar-refractivity contribution >= 4 is 18.1 Å². The molecule has 2 aliphatic heterocycles. The van der Waals surface area contributed by atoms with Crippen LogP contribution in [0.2, 0.25) is 0 Å². The van der Waals surface area contributed by atoms with E-state index in [9.17, 15) is 4.79 Å². The van der Waals surface area contributed by atoms with Crippen molar-refractivity contribution in [3.05, 3.63) is 46.0 Å². The van der Waals surface area contributed by atoms with Gasteiger partial charge >= 0.3 is 0 Å². The first-order chi connectivity index (χ1) is 10.7. The topological polar surface area (TPSA) is 49.6 Å². The lowest BCUT2D eigenvalue weighted by molar-refractivity contribution is 0.141. The van der Waals surface area contributed by atoms with Crippen molar-refractivity contribution in [2.45, 2.75) is 19.9 Å². The van der Waals surface area contributed by atoms with E-state index in [1.54, 1.807) is 10.5 Å². The highest BCUT2D eigenvalue weighted by molar-refractivity contribution is 5.85. The van der Waals surface area contributed by atoms with Gasteiger partial charge in [-0.3, -0.25) is 14.1 Å². The summed E-state index contributed by atoms with van der Waals surface area (Å²) in [5, 5.41) is 3.49. The molecule has 2 fully saturated rings. The van der Waals surface area contributed by atoms with Crippen LogP contribution in [0.1, 0.15) is 17.7 Å². The Kier molecular flexibility index (Phi) is 4.71. The average molecular weight is 335 g/mol. The second-order valence-electron chi connectivity index (χ2n) is 6.72. The van der Waals surface area contributed by atoms with Crippen molar-refractivity contribution in [1.82, 2.24) is 19.6 Å². The zero-order chi connectivity index (χ0) is 15.1. The fourth-order valence-corrected chi connectivity index (χ4v) is 3.82. The molecule has 2 aromatic heterocycles. The van der Waals surface area contributed by atoms with Crippen molar-refractivity contribution in [2.24, 2.45) is 11.8 Å². The van der Waals surface area contributed by atoms with Gasteiger partial charge in [-0.25, -0.2) is 4.98 Å². The average Bonchev–Trinajstić information content (AvgIpc) is 2.96. The van der Waals surface area contributed by atoms with Crippen LogP contribution in [0.5, 0.6) is 0 Å². The number of nitrogens with one attached hydrogen (secondary N) is 1. The van der Waals surface area contributed by atoms with Crippen LogP contribution in [-0.4, -0.2) is 40.5 Å². The molecule has 2 aliphatic rings. The van der Waals surface area contributed by atoms with Gasteiger partial charge in [0.25, 0.3) is 5.56 Å². The minimum Gasteiger partial charge on any atom is -0.316 e. The minimum absolute atomic E-state index is 0. The molecule has 1 N–H and O–H groups in total. The van der Waals surface area contributed by atoms with Crippen LogP contribution >= 0.6 is 12.4 Å². The molecule has 124 valence electrons. The fraction of sp³-hybridized carbons (Fsp3) is 0.529. The third-order valence-corrected chi connectivity index (χ3v) is 5.03. The molecule has 4 rings (SSSR count). The zero-order valence-electron chi connectivity index (χ0n) is 13.4. The number of aromatic nitrogens is 2. The maximum atomic E-state index is 12.3. The van der Waals surface area contributed by atoms with Gasteiger partial charge in [-0.05, 0) is 56.4 Å². The molecule has 23 heavy (non-hydrogen) atoms. The van der Waals surface area contributed by atoms with E-state index in [1.807, 2.05) is 25.3 Å². The summed E-state index contributed by atoms with van der Waals surface area (Å²) in [5.74, 6) is 1.60. The summed E-state index contributed by atoms with van der Waals surface area (Å²) >= 11 is 0. The van der Waals surface area contributed by atoms with E-state index in [0.29, 0.717) is 0 Å². The summed E-state index contributed by atoms with van der Waals surface area (Å²) in [6.45, 7) is 7.30. The number of hydrogen-bond acceptors (Lipinski definition) is 4. The van der Waals surface area contributed by atoms with Gasteiger partial charge in [0, 0.05) is 25.4 Å². The highest BCUT2D eigenvalue weighted by Crippen LogP contribution is 2.27. The van der Waals surface area contributed by atoms with E-state index in [2.05, 4.69) is 15.2 Å². The van der Waals surface area contributed by atoms with E-state index in [4.69, 9.17) is 0 Å². The van der Waals surface area contributed by atoms with Crippen LogP contribution in [0, 0.1) is 18.8 Å². The smallest absolute Gasteiger partial charge is 0.258 e. The summed E-state index contributed by atoms with van der Waals surface area (Å²) in [4.78, 5) is 19.4. The normalized spacial score (nSPS) is 24.4. The minimum atomic E-state index is 0. The fourth-order valence-electron chi connectivity index (χ4n) is 3.82. The molecule has 0 saturated carbocycles. The van der Waals surface area contributed by atoms with Crippen molar-refractivity contribution in [2.75, 3.05) is 26.2 Å². The van der Waals surface area contributed by atoms with Gasteiger partial charge in [-0.1, -0.05) is 6.07 Å². The number of piperidine rings is 1. The number of aryl methyl sites for hydroxylation is 1. The van der Waals surface area contributed by atoms with Crippen LogP contribution in [0.4, 0.5) is 0 Å². The Bertz CT molecular complexity index is 760. The van der Waals surface area contributed by atoms with Gasteiger partial charge in [0.1, 0.15) is 5.65 Å². The Hall–Kier alpha value is -1.43. The molecule has 2 atom stereocenters. The molecule has 4 heterocycles. The van der Waals surface area contributed by atoms with E-state index >= 15 is 0 Å². The summed E-state index contributed by atoms with van der Waals surface area (Å²) in [6.07, 6.45) is 3.10. The molecule has 0 bridgehead atoms. The Morgan fingerprint density at radius 3 is 3.00 bits per heavy atom. The number of hydrogen-bond donors (Lipinski definition) is 1. The van der Waals surface area contributed by atoms with Crippen LogP contribution in [0.25, 0.3) is 5.65 Å². The number of fused-ring (bicyclic) bond motifs is 2. The van der Waals surface area contributed by atoms with Crippen LogP contribution in [-0.2, 0) is 6.54 Å². The monoisotopic (exact) mass is 334 g/mol. The van der Waals surface area contributed by atoms with Gasteiger partial charge in [0.15, 0.2) is 0 Å². The summed E-state index contributed by atoms with van der Waals surface area (Å²) in [7, 11) is 0. The molecule has 2 aromatic rings. The molecule has 2 unspecified atom stereocenters.